The molecule has 0 unspecified atom stereocenters. The molecule has 0 bridgehead atoms. The highest BCUT2D eigenvalue weighted by Crippen LogP contribution is 2.34. The quantitative estimate of drug-likeness (QED) is 0.827. The number of nitrogens with one attached hydrogen (secondary N) is 1. The van der Waals surface area contributed by atoms with Crippen LogP contribution in [0, 0.1) is 0 Å². The Balaban J connectivity index is 2.86. The molecule has 2 N–H and O–H groups in total. The highest BCUT2D eigenvalue weighted by Gasteiger charge is 2.06. The molecule has 0 fully saturated rings. The molecule has 0 amide bonds. The van der Waals surface area contributed by atoms with E-state index in [1.165, 1.54) is 0 Å². The average molecular weight is 388 g/mol. The van der Waals surface area contributed by atoms with E-state index in [1.54, 1.807) is 6.92 Å². The number of anilines is 1. The molecule has 0 aliphatic rings. The van der Waals surface area contributed by atoms with Gasteiger partial charge in [-0.1, -0.05) is 15.9 Å². The van der Waals surface area contributed by atoms with Crippen molar-refractivity contribution in [2.75, 3.05) is 11.9 Å². The molecule has 5 heteroatoms. The van der Waals surface area contributed by atoms with E-state index in [-0.39, 0.29) is 6.10 Å². The number of aliphatic hydroxyl groups excluding tert-OH is 1. The van der Waals surface area contributed by atoms with Gasteiger partial charge in [0.15, 0.2) is 0 Å². The Kier molecular flexibility index (Phi) is 4.90. The minimum absolute atomic E-state index is 0.363. The third-order valence-electron chi connectivity index (χ3n) is 1.58. The first kappa shape index (κ1) is 12.5. The Labute approximate surface area is 108 Å². The van der Waals surface area contributed by atoms with Crippen molar-refractivity contribution >= 4 is 53.5 Å². The zero-order chi connectivity index (χ0) is 10.7. The van der Waals surface area contributed by atoms with Crippen molar-refractivity contribution in [3.05, 3.63) is 25.6 Å². The summed E-state index contributed by atoms with van der Waals surface area (Å²) in [5.41, 5.74) is 0.953. The molecule has 0 heterocycles. The van der Waals surface area contributed by atoms with Crippen LogP contribution in [0.4, 0.5) is 5.69 Å². The van der Waals surface area contributed by atoms with Crippen LogP contribution in [0.15, 0.2) is 25.6 Å². The molecule has 1 atom stereocenters. The maximum Gasteiger partial charge on any atom is 0.0684 e. The Morgan fingerprint density at radius 3 is 2.21 bits per heavy atom. The lowest BCUT2D eigenvalue weighted by Gasteiger charge is -2.12. The molecule has 2 nitrogen and oxygen atoms in total. The summed E-state index contributed by atoms with van der Waals surface area (Å²) < 4.78 is 2.91. The zero-order valence-electron chi connectivity index (χ0n) is 7.52. The minimum atomic E-state index is -0.363. The fraction of sp³-hybridized carbons (Fsp3) is 0.333. The average Bonchev–Trinajstić information content (AvgIpc) is 2.01. The SMILES string of the molecule is C[C@@H](O)CNc1c(Br)cc(Br)cc1Br. The maximum atomic E-state index is 9.15. The van der Waals surface area contributed by atoms with E-state index >= 15 is 0 Å². The summed E-state index contributed by atoms with van der Waals surface area (Å²) in [5.74, 6) is 0. The van der Waals surface area contributed by atoms with Gasteiger partial charge in [-0.25, -0.2) is 0 Å². The predicted molar refractivity (Wildman–Crippen MR) is 69.7 cm³/mol. The fourth-order valence-corrected chi connectivity index (χ4v) is 3.50. The Bertz CT molecular complexity index is 305. The Morgan fingerprint density at radius 2 is 1.79 bits per heavy atom. The summed E-state index contributed by atoms with van der Waals surface area (Å²) in [6.07, 6.45) is -0.363. The molecule has 0 aliphatic heterocycles. The molecule has 78 valence electrons. The molecule has 1 aromatic carbocycles. The first-order valence-electron chi connectivity index (χ1n) is 4.07. The second kappa shape index (κ2) is 5.49. The van der Waals surface area contributed by atoms with Gasteiger partial charge >= 0.3 is 0 Å². The number of aliphatic hydroxyl groups is 1. The van der Waals surface area contributed by atoms with Gasteiger partial charge in [-0.2, -0.15) is 0 Å². The van der Waals surface area contributed by atoms with Crippen molar-refractivity contribution < 1.29 is 5.11 Å². The third-order valence-corrected chi connectivity index (χ3v) is 3.29. The minimum Gasteiger partial charge on any atom is -0.392 e. The van der Waals surface area contributed by atoms with Crippen LogP contribution in [0.3, 0.4) is 0 Å². The molecule has 0 saturated carbocycles. The summed E-state index contributed by atoms with van der Waals surface area (Å²) in [6, 6.07) is 3.91. The van der Waals surface area contributed by atoms with Gasteiger partial charge < -0.3 is 10.4 Å². The van der Waals surface area contributed by atoms with E-state index in [4.69, 9.17) is 5.11 Å². The van der Waals surface area contributed by atoms with Crippen molar-refractivity contribution in [1.29, 1.82) is 0 Å². The Hall–Kier alpha value is 0.420. The summed E-state index contributed by atoms with van der Waals surface area (Å²) in [7, 11) is 0. The lowest BCUT2D eigenvalue weighted by molar-refractivity contribution is 0.208. The largest absolute Gasteiger partial charge is 0.392 e. The molecule has 0 saturated heterocycles. The van der Waals surface area contributed by atoms with Crippen LogP contribution in [-0.2, 0) is 0 Å². The lowest BCUT2D eigenvalue weighted by atomic mass is 10.3. The summed E-state index contributed by atoms with van der Waals surface area (Å²) in [4.78, 5) is 0. The van der Waals surface area contributed by atoms with Gasteiger partial charge in [-0.3, -0.25) is 0 Å². The second-order valence-electron chi connectivity index (χ2n) is 2.97. The zero-order valence-corrected chi connectivity index (χ0v) is 12.3. The van der Waals surface area contributed by atoms with E-state index in [0.29, 0.717) is 6.54 Å². The maximum absolute atomic E-state index is 9.15. The van der Waals surface area contributed by atoms with E-state index in [2.05, 4.69) is 53.1 Å². The van der Waals surface area contributed by atoms with Gasteiger partial charge in [0.25, 0.3) is 0 Å². The first-order chi connectivity index (χ1) is 6.50. The van der Waals surface area contributed by atoms with Gasteiger partial charge in [-0.05, 0) is 50.9 Å². The molecule has 1 rings (SSSR count). The van der Waals surface area contributed by atoms with Crippen molar-refractivity contribution in [3.8, 4) is 0 Å². The van der Waals surface area contributed by atoms with E-state index < -0.39 is 0 Å². The van der Waals surface area contributed by atoms with E-state index in [0.717, 1.165) is 19.1 Å². The number of hydrogen-bond donors (Lipinski definition) is 2. The summed E-state index contributed by atoms with van der Waals surface area (Å²) >= 11 is 10.3. The molecule has 0 radical (unpaired) electrons. The molecule has 0 aliphatic carbocycles. The normalized spacial score (nSPS) is 12.6. The van der Waals surface area contributed by atoms with E-state index in [9.17, 15) is 0 Å². The van der Waals surface area contributed by atoms with Gasteiger partial charge in [-0.15, -0.1) is 0 Å². The standard InChI is InChI=1S/C9H10Br3NO/c1-5(14)4-13-9-7(11)2-6(10)3-8(9)12/h2-3,5,13-14H,4H2,1H3/t5-/m1/s1. The van der Waals surface area contributed by atoms with Gasteiger partial charge in [0.1, 0.15) is 0 Å². The second-order valence-corrected chi connectivity index (χ2v) is 5.60. The molecular formula is C9H10Br3NO. The topological polar surface area (TPSA) is 32.3 Å². The van der Waals surface area contributed by atoms with Crippen LogP contribution in [0.2, 0.25) is 0 Å². The van der Waals surface area contributed by atoms with Crippen LogP contribution in [-0.4, -0.2) is 17.8 Å². The van der Waals surface area contributed by atoms with Gasteiger partial charge in [0.05, 0.1) is 11.8 Å². The van der Waals surface area contributed by atoms with Gasteiger partial charge in [0, 0.05) is 20.0 Å². The van der Waals surface area contributed by atoms with Crippen LogP contribution < -0.4 is 5.32 Å². The number of benzene rings is 1. The van der Waals surface area contributed by atoms with Crippen molar-refractivity contribution in [2.45, 2.75) is 13.0 Å². The Morgan fingerprint density at radius 1 is 1.29 bits per heavy atom. The lowest BCUT2D eigenvalue weighted by Crippen LogP contribution is -2.15. The molecule has 0 aromatic heterocycles. The molecule has 0 spiro atoms. The highest BCUT2D eigenvalue weighted by atomic mass is 79.9. The number of halogens is 3. The van der Waals surface area contributed by atoms with Crippen molar-refractivity contribution in [3.63, 3.8) is 0 Å². The van der Waals surface area contributed by atoms with Crippen LogP contribution >= 0.6 is 47.8 Å². The summed E-state index contributed by atoms with van der Waals surface area (Å²) in [6.45, 7) is 2.27. The monoisotopic (exact) mass is 385 g/mol. The van der Waals surface area contributed by atoms with E-state index in [1.807, 2.05) is 12.1 Å². The van der Waals surface area contributed by atoms with Crippen LogP contribution in [0.1, 0.15) is 6.92 Å². The smallest absolute Gasteiger partial charge is 0.0684 e. The fourth-order valence-electron chi connectivity index (χ4n) is 0.961. The van der Waals surface area contributed by atoms with Gasteiger partial charge in [0.2, 0.25) is 0 Å². The van der Waals surface area contributed by atoms with Crippen LogP contribution in [0.5, 0.6) is 0 Å². The molecule has 14 heavy (non-hydrogen) atoms. The predicted octanol–water partition coefficient (Wildman–Crippen LogP) is 3.77. The highest BCUT2D eigenvalue weighted by molar-refractivity contribution is 9.11. The first-order valence-corrected chi connectivity index (χ1v) is 6.45. The van der Waals surface area contributed by atoms with Crippen LogP contribution in [0.25, 0.3) is 0 Å². The number of hydrogen-bond acceptors (Lipinski definition) is 2. The summed E-state index contributed by atoms with van der Waals surface area (Å²) in [5, 5.41) is 12.3. The third kappa shape index (κ3) is 3.53. The molecule has 1 aromatic rings. The van der Waals surface area contributed by atoms with Crippen molar-refractivity contribution in [2.24, 2.45) is 0 Å². The molecular weight excluding hydrogens is 378 g/mol. The number of rotatable bonds is 3. The van der Waals surface area contributed by atoms with Crippen molar-refractivity contribution in [1.82, 2.24) is 0 Å².